The fourth-order valence-electron chi connectivity index (χ4n) is 0.493. The van der Waals surface area contributed by atoms with E-state index in [0.717, 1.165) is 0 Å². The summed E-state index contributed by atoms with van der Waals surface area (Å²) in [4.78, 5) is 0. The lowest BCUT2D eigenvalue weighted by Gasteiger charge is -2.14. The first-order valence-corrected chi connectivity index (χ1v) is 4.28. The Balaban J connectivity index is 3.69. The van der Waals surface area contributed by atoms with Gasteiger partial charge in [0.15, 0.2) is 11.1 Å². The molecule has 2 atom stereocenters. The summed E-state index contributed by atoms with van der Waals surface area (Å²) in [6.45, 7) is 3.37. The molecular weight excluding hydrogens is 157 g/mol. The maximum Gasteiger partial charge on any atom is 0.173 e. The van der Waals surface area contributed by atoms with Crippen molar-refractivity contribution < 1.29 is 13.2 Å². The quantitative estimate of drug-likeness (QED) is 0.507. The zero-order valence-electron chi connectivity index (χ0n) is 6.08. The van der Waals surface area contributed by atoms with Crippen LogP contribution in [0.5, 0.6) is 0 Å². The summed E-state index contributed by atoms with van der Waals surface area (Å²) < 4.78 is 31.2. The molecule has 0 heterocycles. The van der Waals surface area contributed by atoms with Crippen LogP contribution >= 0.6 is 0 Å². The molecule has 1 N–H and O–H groups in total. The van der Waals surface area contributed by atoms with Crippen LogP contribution < -0.4 is 0 Å². The van der Waals surface area contributed by atoms with Gasteiger partial charge in [0.25, 0.3) is 0 Å². The summed E-state index contributed by atoms with van der Waals surface area (Å²) >= 11 is -2.09. The lowest BCUT2D eigenvalue weighted by Crippen LogP contribution is -2.29. The predicted molar refractivity (Wildman–Crippen MR) is 38.3 cm³/mol. The second kappa shape index (κ2) is 4.76. The van der Waals surface area contributed by atoms with Crippen LogP contribution in [0.15, 0.2) is 0 Å². The Morgan fingerprint density at radius 1 is 1.80 bits per heavy atom. The Bertz CT molecular complexity index is 122. The van der Waals surface area contributed by atoms with Crippen molar-refractivity contribution in [3.05, 3.63) is 0 Å². The highest BCUT2D eigenvalue weighted by Gasteiger charge is 2.16. The highest BCUT2D eigenvalue weighted by atomic mass is 32.2. The Kier molecular flexibility index (Phi) is 4.76. The van der Waals surface area contributed by atoms with Gasteiger partial charge in [-0.05, 0) is 13.3 Å². The van der Waals surface area contributed by atoms with Crippen LogP contribution in [0.25, 0.3) is 0 Å². The van der Waals surface area contributed by atoms with E-state index in [1.807, 2.05) is 0 Å². The van der Waals surface area contributed by atoms with Crippen molar-refractivity contribution >= 4 is 11.1 Å². The summed E-state index contributed by atoms with van der Waals surface area (Å²) in [6, 6.07) is 0. The molecule has 0 aromatic heterocycles. The molecule has 0 aromatic rings. The van der Waals surface area contributed by atoms with Crippen LogP contribution in [0.3, 0.4) is 0 Å². The third-order valence-corrected chi connectivity index (χ3v) is 1.94. The third kappa shape index (κ3) is 3.24. The van der Waals surface area contributed by atoms with E-state index in [9.17, 15) is 8.69 Å². The van der Waals surface area contributed by atoms with Gasteiger partial charge in [0.1, 0.15) is 5.37 Å². The Morgan fingerprint density at radius 2 is 2.30 bits per heavy atom. The van der Waals surface area contributed by atoms with E-state index in [0.29, 0.717) is 11.5 Å². The van der Waals surface area contributed by atoms with Crippen LogP contribution in [0.1, 0.15) is 20.3 Å². The Morgan fingerprint density at radius 3 is 2.60 bits per heavy atom. The second-order valence-corrected chi connectivity index (χ2v) is 3.23. The zero-order chi connectivity index (χ0) is 8.15. The third-order valence-electron chi connectivity index (χ3n) is 1.12. The van der Waals surface area contributed by atoms with Crippen molar-refractivity contribution in [2.24, 2.45) is 0 Å². The van der Waals surface area contributed by atoms with E-state index < -0.39 is 16.5 Å². The maximum atomic E-state index is 12.5. The summed E-state index contributed by atoms with van der Waals surface area (Å²) in [7, 11) is 0. The molecule has 10 heavy (non-hydrogen) atoms. The molecule has 0 aliphatic heterocycles. The minimum Gasteiger partial charge on any atom is -0.305 e. The van der Waals surface area contributed by atoms with Crippen LogP contribution in [0, 0.1) is 0 Å². The molecule has 0 rings (SSSR count). The molecule has 0 radical (unpaired) electrons. The molecule has 2 unspecified atom stereocenters. The molecule has 0 fully saturated rings. The number of hydrogen-bond acceptors (Lipinski definition) is 2. The zero-order valence-corrected chi connectivity index (χ0v) is 6.90. The summed E-state index contributed by atoms with van der Waals surface area (Å²) in [5.41, 5.74) is 0. The standard InChI is InChI=1S/C5H12FNO2S/c1-3-4-7(6)5(2)10(8)9/h5H,3-4H2,1-2H3,(H,8,9). The van der Waals surface area contributed by atoms with Crippen LogP contribution in [0.4, 0.5) is 4.48 Å². The molecule has 0 aromatic carbocycles. The van der Waals surface area contributed by atoms with Gasteiger partial charge >= 0.3 is 0 Å². The van der Waals surface area contributed by atoms with Crippen LogP contribution in [-0.4, -0.2) is 25.8 Å². The van der Waals surface area contributed by atoms with Gasteiger partial charge in [-0.15, -0.1) is 9.60 Å². The minimum atomic E-state index is -2.09. The van der Waals surface area contributed by atoms with Crippen molar-refractivity contribution in [1.29, 1.82) is 0 Å². The molecule has 62 valence electrons. The molecule has 0 saturated heterocycles. The number of nitrogens with zero attached hydrogens (tertiary/aromatic N) is 1. The van der Waals surface area contributed by atoms with Crippen LogP contribution in [0.2, 0.25) is 0 Å². The first kappa shape index (κ1) is 10.0. The minimum absolute atomic E-state index is 0.202. The van der Waals surface area contributed by atoms with Crippen molar-refractivity contribution in [2.75, 3.05) is 6.54 Å². The van der Waals surface area contributed by atoms with E-state index in [4.69, 9.17) is 4.55 Å². The Labute approximate surface area is 62.4 Å². The lowest BCUT2D eigenvalue weighted by molar-refractivity contribution is 0.0147. The highest BCUT2D eigenvalue weighted by Crippen LogP contribution is 2.02. The molecule has 0 amide bonds. The topological polar surface area (TPSA) is 40.5 Å². The van der Waals surface area contributed by atoms with Gasteiger partial charge in [-0.1, -0.05) is 6.92 Å². The molecule has 5 heteroatoms. The fourth-order valence-corrected chi connectivity index (χ4v) is 0.794. The van der Waals surface area contributed by atoms with Gasteiger partial charge < -0.3 is 4.55 Å². The van der Waals surface area contributed by atoms with E-state index in [2.05, 4.69) is 0 Å². The first-order valence-electron chi connectivity index (χ1n) is 3.11. The van der Waals surface area contributed by atoms with Crippen molar-refractivity contribution in [3.63, 3.8) is 0 Å². The van der Waals surface area contributed by atoms with Crippen LogP contribution in [-0.2, 0) is 11.1 Å². The Hall–Kier alpha value is -0.0000000000000000486. The van der Waals surface area contributed by atoms with Crippen molar-refractivity contribution in [2.45, 2.75) is 25.6 Å². The predicted octanol–water partition coefficient (Wildman–Crippen LogP) is 1.15. The lowest BCUT2D eigenvalue weighted by atomic mass is 10.5. The van der Waals surface area contributed by atoms with Gasteiger partial charge in [-0.2, -0.15) is 0 Å². The van der Waals surface area contributed by atoms with Gasteiger partial charge in [0.05, 0.1) is 0 Å². The monoisotopic (exact) mass is 169 g/mol. The molecule has 3 nitrogen and oxygen atoms in total. The second-order valence-electron chi connectivity index (χ2n) is 2.00. The summed E-state index contributed by atoms with van der Waals surface area (Å²) in [5, 5.41) is -0.546. The average Bonchev–Trinajstić information content (AvgIpc) is 1.87. The van der Waals surface area contributed by atoms with E-state index in [-0.39, 0.29) is 6.54 Å². The van der Waals surface area contributed by atoms with Gasteiger partial charge in [0, 0.05) is 6.54 Å². The largest absolute Gasteiger partial charge is 0.305 e. The molecular formula is C5H12FNO2S. The van der Waals surface area contributed by atoms with Crippen molar-refractivity contribution in [3.8, 4) is 0 Å². The van der Waals surface area contributed by atoms with Gasteiger partial charge in [0.2, 0.25) is 0 Å². The molecule has 0 saturated carbocycles. The van der Waals surface area contributed by atoms with E-state index in [1.165, 1.54) is 6.92 Å². The fraction of sp³-hybridized carbons (Fsp3) is 1.00. The summed E-state index contributed by atoms with van der Waals surface area (Å²) in [5.74, 6) is 0. The summed E-state index contributed by atoms with van der Waals surface area (Å²) in [6.07, 6.45) is 0.637. The number of hydrogen-bond donors (Lipinski definition) is 1. The van der Waals surface area contributed by atoms with E-state index in [1.54, 1.807) is 6.92 Å². The molecule has 0 aliphatic rings. The normalized spacial score (nSPS) is 17.3. The van der Waals surface area contributed by atoms with E-state index >= 15 is 0 Å². The number of rotatable bonds is 4. The molecule has 0 aliphatic carbocycles. The van der Waals surface area contributed by atoms with Gasteiger partial charge in [-0.3, -0.25) is 0 Å². The maximum absolute atomic E-state index is 12.5. The van der Waals surface area contributed by atoms with Gasteiger partial charge in [-0.25, -0.2) is 4.21 Å². The SMILES string of the molecule is CCCN(F)C(C)S(=O)O. The molecule has 0 bridgehead atoms. The van der Waals surface area contributed by atoms with Crippen molar-refractivity contribution in [1.82, 2.24) is 5.12 Å². The smallest absolute Gasteiger partial charge is 0.173 e. The average molecular weight is 169 g/mol. The first-order chi connectivity index (χ1) is 4.59. The highest BCUT2D eigenvalue weighted by molar-refractivity contribution is 7.79. The molecule has 0 spiro atoms. The number of halogens is 1.